The SMILES string of the molecule is CC1CNC(c2ccc([N+](=O)[O-])o2)S1. The third-order valence-electron chi connectivity index (χ3n) is 2.01. The van der Waals surface area contributed by atoms with Gasteiger partial charge in [0.25, 0.3) is 0 Å². The van der Waals surface area contributed by atoms with Crippen molar-refractivity contribution in [1.82, 2.24) is 5.32 Å². The van der Waals surface area contributed by atoms with Crippen LogP contribution in [0.2, 0.25) is 0 Å². The molecule has 5 nitrogen and oxygen atoms in total. The lowest BCUT2D eigenvalue weighted by molar-refractivity contribution is -0.402. The van der Waals surface area contributed by atoms with Crippen LogP contribution in [0.4, 0.5) is 5.88 Å². The molecule has 2 rings (SSSR count). The molecular formula is C8H10N2O3S. The highest BCUT2D eigenvalue weighted by molar-refractivity contribution is 8.00. The molecular weight excluding hydrogens is 204 g/mol. The molecule has 0 radical (unpaired) electrons. The molecule has 1 saturated heterocycles. The largest absolute Gasteiger partial charge is 0.433 e. The average Bonchev–Trinajstić information content (AvgIpc) is 2.70. The summed E-state index contributed by atoms with van der Waals surface area (Å²) in [5, 5.41) is 14.2. The summed E-state index contributed by atoms with van der Waals surface area (Å²) in [4.78, 5) is 9.86. The van der Waals surface area contributed by atoms with Crippen molar-refractivity contribution in [2.24, 2.45) is 0 Å². The molecule has 1 fully saturated rings. The minimum atomic E-state index is -0.521. The molecule has 0 spiro atoms. The lowest BCUT2D eigenvalue weighted by atomic mass is 10.4. The summed E-state index contributed by atoms with van der Waals surface area (Å²) in [5.74, 6) is 0.438. The van der Waals surface area contributed by atoms with Gasteiger partial charge in [-0.3, -0.25) is 15.4 Å². The lowest BCUT2D eigenvalue weighted by Crippen LogP contribution is -2.13. The number of nitrogens with one attached hydrogen (secondary N) is 1. The van der Waals surface area contributed by atoms with Crippen molar-refractivity contribution >= 4 is 17.6 Å². The second-order valence-electron chi connectivity index (χ2n) is 3.17. The fourth-order valence-electron chi connectivity index (χ4n) is 1.35. The Kier molecular flexibility index (Phi) is 2.47. The van der Waals surface area contributed by atoms with Crippen LogP contribution in [-0.4, -0.2) is 16.7 Å². The van der Waals surface area contributed by atoms with E-state index in [2.05, 4.69) is 12.2 Å². The Morgan fingerprint density at radius 2 is 2.50 bits per heavy atom. The summed E-state index contributed by atoms with van der Waals surface area (Å²) in [7, 11) is 0. The minimum Gasteiger partial charge on any atom is -0.403 e. The fraction of sp³-hybridized carbons (Fsp3) is 0.500. The Morgan fingerprint density at radius 3 is 3.00 bits per heavy atom. The third-order valence-corrected chi connectivity index (χ3v) is 3.31. The molecule has 0 aliphatic carbocycles. The Hall–Kier alpha value is -1.01. The number of nitrogens with zero attached hydrogens (tertiary/aromatic N) is 1. The van der Waals surface area contributed by atoms with Crippen LogP contribution in [0.5, 0.6) is 0 Å². The second-order valence-corrected chi connectivity index (χ2v) is 4.72. The quantitative estimate of drug-likeness (QED) is 0.601. The van der Waals surface area contributed by atoms with E-state index in [0.29, 0.717) is 11.0 Å². The molecule has 0 bridgehead atoms. The minimum absolute atomic E-state index is 0.0544. The summed E-state index contributed by atoms with van der Waals surface area (Å²) < 4.78 is 5.09. The molecule has 1 aliphatic rings. The highest BCUT2D eigenvalue weighted by atomic mass is 32.2. The first kappa shape index (κ1) is 9.54. The van der Waals surface area contributed by atoms with Gasteiger partial charge in [0.15, 0.2) is 0 Å². The normalized spacial score (nSPS) is 26.6. The van der Waals surface area contributed by atoms with Crippen LogP contribution in [0.25, 0.3) is 0 Å². The van der Waals surface area contributed by atoms with E-state index in [1.165, 1.54) is 6.07 Å². The van der Waals surface area contributed by atoms with Gasteiger partial charge in [-0.15, -0.1) is 11.8 Å². The van der Waals surface area contributed by atoms with E-state index in [9.17, 15) is 10.1 Å². The van der Waals surface area contributed by atoms with Gasteiger partial charge in [-0.25, -0.2) is 0 Å². The zero-order valence-corrected chi connectivity index (χ0v) is 8.41. The second kappa shape index (κ2) is 3.62. The maximum atomic E-state index is 10.4. The van der Waals surface area contributed by atoms with Crippen LogP contribution in [-0.2, 0) is 0 Å². The van der Waals surface area contributed by atoms with E-state index in [-0.39, 0.29) is 11.3 Å². The van der Waals surface area contributed by atoms with Crippen LogP contribution in [0.1, 0.15) is 18.1 Å². The summed E-state index contributed by atoms with van der Waals surface area (Å²) in [6.07, 6.45) is 0. The van der Waals surface area contributed by atoms with Gasteiger partial charge in [0.05, 0.1) is 6.07 Å². The lowest BCUT2D eigenvalue weighted by Gasteiger charge is -2.03. The van der Waals surface area contributed by atoms with Gasteiger partial charge in [0.2, 0.25) is 0 Å². The van der Waals surface area contributed by atoms with E-state index in [1.807, 2.05) is 0 Å². The van der Waals surface area contributed by atoms with Crippen molar-refractivity contribution in [3.63, 3.8) is 0 Å². The van der Waals surface area contributed by atoms with E-state index < -0.39 is 4.92 Å². The van der Waals surface area contributed by atoms with Gasteiger partial charge in [-0.05, 0) is 6.07 Å². The maximum Gasteiger partial charge on any atom is 0.433 e. The highest BCUT2D eigenvalue weighted by Gasteiger charge is 2.26. The van der Waals surface area contributed by atoms with Crippen LogP contribution >= 0.6 is 11.8 Å². The highest BCUT2D eigenvalue weighted by Crippen LogP contribution is 2.36. The van der Waals surface area contributed by atoms with Crippen molar-refractivity contribution in [3.05, 3.63) is 28.0 Å². The van der Waals surface area contributed by atoms with E-state index in [0.717, 1.165) is 6.54 Å². The van der Waals surface area contributed by atoms with Crippen LogP contribution in [0, 0.1) is 10.1 Å². The van der Waals surface area contributed by atoms with Crippen LogP contribution in [0.3, 0.4) is 0 Å². The molecule has 0 aromatic carbocycles. The number of nitro groups is 1. The number of furan rings is 1. The molecule has 76 valence electrons. The summed E-state index contributed by atoms with van der Waals surface area (Å²) in [6, 6.07) is 3.04. The topological polar surface area (TPSA) is 68.3 Å². The summed E-state index contributed by atoms with van der Waals surface area (Å²) in [5.41, 5.74) is 0. The van der Waals surface area contributed by atoms with Crippen molar-refractivity contribution < 1.29 is 9.34 Å². The first-order chi connectivity index (χ1) is 6.66. The van der Waals surface area contributed by atoms with Crippen LogP contribution < -0.4 is 5.32 Å². The van der Waals surface area contributed by atoms with Crippen molar-refractivity contribution in [1.29, 1.82) is 0 Å². The maximum absolute atomic E-state index is 10.4. The average molecular weight is 214 g/mol. The number of thioether (sulfide) groups is 1. The van der Waals surface area contributed by atoms with Gasteiger partial charge in [0.1, 0.15) is 16.1 Å². The smallest absolute Gasteiger partial charge is 0.403 e. The Labute approximate surface area is 85.0 Å². The zero-order chi connectivity index (χ0) is 10.1. The predicted molar refractivity (Wildman–Crippen MR) is 53.2 cm³/mol. The van der Waals surface area contributed by atoms with E-state index in [1.54, 1.807) is 17.8 Å². The van der Waals surface area contributed by atoms with Crippen molar-refractivity contribution in [2.45, 2.75) is 17.5 Å². The molecule has 2 unspecified atom stereocenters. The Bertz CT molecular complexity index is 352. The molecule has 2 atom stereocenters. The summed E-state index contributed by atoms with van der Waals surface area (Å²) >= 11 is 1.72. The molecule has 0 saturated carbocycles. The molecule has 1 aromatic heterocycles. The molecule has 1 aliphatic heterocycles. The van der Waals surface area contributed by atoms with Gasteiger partial charge in [-0.1, -0.05) is 6.92 Å². The fourth-order valence-corrected chi connectivity index (χ4v) is 2.46. The molecule has 2 heterocycles. The summed E-state index contributed by atoms with van der Waals surface area (Å²) in [6.45, 7) is 3.01. The van der Waals surface area contributed by atoms with E-state index in [4.69, 9.17) is 4.42 Å². The molecule has 14 heavy (non-hydrogen) atoms. The van der Waals surface area contributed by atoms with Gasteiger partial charge >= 0.3 is 5.88 Å². The Balaban J connectivity index is 2.13. The van der Waals surface area contributed by atoms with Crippen molar-refractivity contribution in [3.8, 4) is 0 Å². The number of hydrogen-bond acceptors (Lipinski definition) is 5. The third kappa shape index (κ3) is 1.76. The number of rotatable bonds is 2. The monoisotopic (exact) mass is 214 g/mol. The molecule has 1 aromatic rings. The molecule has 0 amide bonds. The molecule has 1 N–H and O–H groups in total. The first-order valence-electron chi connectivity index (χ1n) is 4.30. The van der Waals surface area contributed by atoms with E-state index >= 15 is 0 Å². The van der Waals surface area contributed by atoms with Gasteiger partial charge in [-0.2, -0.15) is 0 Å². The van der Waals surface area contributed by atoms with Crippen LogP contribution in [0.15, 0.2) is 16.5 Å². The van der Waals surface area contributed by atoms with Gasteiger partial charge < -0.3 is 4.42 Å². The molecule has 6 heteroatoms. The predicted octanol–water partition coefficient (Wildman–Crippen LogP) is 1.91. The van der Waals surface area contributed by atoms with Crippen molar-refractivity contribution in [2.75, 3.05) is 6.54 Å². The standard InChI is InChI=1S/C8H10N2O3S/c1-5-4-9-8(14-5)6-2-3-7(13-6)10(11)12/h2-3,5,8-9H,4H2,1H3. The first-order valence-corrected chi connectivity index (χ1v) is 5.24. The number of hydrogen-bond donors (Lipinski definition) is 1. The Morgan fingerprint density at radius 1 is 1.71 bits per heavy atom. The van der Waals surface area contributed by atoms with Gasteiger partial charge in [0, 0.05) is 11.8 Å². The zero-order valence-electron chi connectivity index (χ0n) is 7.60.